The quantitative estimate of drug-likeness (QED) is 0.819. The Hall–Kier alpha value is -1.53. The van der Waals surface area contributed by atoms with Crippen LogP contribution in [-0.2, 0) is 4.79 Å². The molecule has 0 radical (unpaired) electrons. The first-order chi connectivity index (χ1) is 12.1. The lowest BCUT2D eigenvalue weighted by atomic mass is 9.84. The molecule has 7 heteroatoms. The summed E-state index contributed by atoms with van der Waals surface area (Å²) >= 11 is 0. The van der Waals surface area contributed by atoms with Crippen LogP contribution in [0.4, 0.5) is 0 Å². The van der Waals surface area contributed by atoms with Crippen molar-refractivity contribution < 1.29 is 14.0 Å². The van der Waals surface area contributed by atoms with Gasteiger partial charge >= 0.3 is 0 Å². The van der Waals surface area contributed by atoms with Crippen molar-refractivity contribution >= 4 is 24.2 Å². The van der Waals surface area contributed by atoms with Gasteiger partial charge in [0.2, 0.25) is 5.91 Å². The molecule has 2 amide bonds. The molecule has 1 atom stereocenters. The van der Waals surface area contributed by atoms with Gasteiger partial charge in [-0.05, 0) is 62.7 Å². The van der Waals surface area contributed by atoms with E-state index in [2.05, 4.69) is 17.6 Å². The Morgan fingerprint density at radius 1 is 1.27 bits per heavy atom. The second-order valence-corrected chi connectivity index (χ2v) is 7.38. The molecule has 2 N–H and O–H groups in total. The van der Waals surface area contributed by atoms with Gasteiger partial charge in [-0.2, -0.15) is 0 Å². The Kier molecular flexibility index (Phi) is 7.97. The molecule has 1 aromatic heterocycles. The molecule has 2 aliphatic heterocycles. The van der Waals surface area contributed by atoms with E-state index >= 15 is 0 Å². The third-order valence-electron chi connectivity index (χ3n) is 5.58. The number of furan rings is 1. The molecule has 2 saturated heterocycles. The van der Waals surface area contributed by atoms with E-state index < -0.39 is 0 Å². The zero-order chi connectivity index (χ0) is 17.6. The molecule has 0 spiro atoms. The average Bonchev–Trinajstić information content (AvgIpc) is 3.17. The molecule has 0 aromatic carbocycles. The molecule has 0 aliphatic carbocycles. The predicted molar refractivity (Wildman–Crippen MR) is 102 cm³/mol. The third-order valence-corrected chi connectivity index (χ3v) is 5.58. The van der Waals surface area contributed by atoms with Gasteiger partial charge in [0.25, 0.3) is 5.91 Å². The number of halogens is 1. The van der Waals surface area contributed by atoms with E-state index in [1.807, 2.05) is 0 Å². The van der Waals surface area contributed by atoms with Gasteiger partial charge in [-0.3, -0.25) is 9.59 Å². The summed E-state index contributed by atoms with van der Waals surface area (Å²) in [6.45, 7) is 5.65. The van der Waals surface area contributed by atoms with E-state index in [0.29, 0.717) is 37.1 Å². The van der Waals surface area contributed by atoms with Crippen LogP contribution in [0.5, 0.6) is 0 Å². The number of nitrogens with one attached hydrogen (secondary N) is 2. The smallest absolute Gasteiger partial charge is 0.289 e. The summed E-state index contributed by atoms with van der Waals surface area (Å²) in [5, 5.41) is 6.54. The fourth-order valence-electron chi connectivity index (χ4n) is 3.94. The third kappa shape index (κ3) is 5.48. The van der Waals surface area contributed by atoms with Gasteiger partial charge < -0.3 is 20.0 Å². The maximum Gasteiger partial charge on any atom is 0.289 e. The molecule has 3 heterocycles. The second kappa shape index (κ2) is 9.97. The summed E-state index contributed by atoms with van der Waals surface area (Å²) in [6, 6.07) is 3.59. The van der Waals surface area contributed by atoms with Gasteiger partial charge in [-0.25, -0.2) is 0 Å². The molecule has 2 fully saturated rings. The number of rotatable bonds is 5. The fraction of sp³-hybridized carbons (Fsp3) is 0.684. The van der Waals surface area contributed by atoms with Crippen molar-refractivity contribution in [2.24, 2.45) is 11.8 Å². The minimum Gasteiger partial charge on any atom is -0.459 e. The molecule has 0 saturated carbocycles. The topological polar surface area (TPSA) is 74.6 Å². The fourth-order valence-corrected chi connectivity index (χ4v) is 3.94. The summed E-state index contributed by atoms with van der Waals surface area (Å²) in [5.74, 6) is 1.57. The van der Waals surface area contributed by atoms with Crippen LogP contribution in [0, 0.1) is 11.8 Å². The van der Waals surface area contributed by atoms with Gasteiger partial charge in [-0.1, -0.05) is 6.92 Å². The van der Waals surface area contributed by atoms with Crippen LogP contribution in [-0.4, -0.2) is 48.9 Å². The predicted octanol–water partition coefficient (Wildman–Crippen LogP) is 2.45. The van der Waals surface area contributed by atoms with Crippen LogP contribution in [0.15, 0.2) is 22.8 Å². The maximum atomic E-state index is 12.3. The Morgan fingerprint density at radius 2 is 1.96 bits per heavy atom. The summed E-state index contributed by atoms with van der Waals surface area (Å²) in [6.07, 6.45) is 6.07. The number of piperidine rings is 2. The molecule has 3 rings (SSSR count). The molecular weight excluding hydrogens is 354 g/mol. The molecule has 6 nitrogen and oxygen atoms in total. The Labute approximate surface area is 161 Å². The average molecular weight is 384 g/mol. The lowest BCUT2D eigenvalue weighted by Crippen LogP contribution is -2.47. The first-order valence-electron chi connectivity index (χ1n) is 9.46. The van der Waals surface area contributed by atoms with Gasteiger partial charge in [0.15, 0.2) is 5.76 Å². The summed E-state index contributed by atoms with van der Waals surface area (Å²) in [7, 11) is 0. The zero-order valence-electron chi connectivity index (χ0n) is 15.4. The van der Waals surface area contributed by atoms with Crippen molar-refractivity contribution in [2.75, 3.05) is 26.2 Å². The highest BCUT2D eigenvalue weighted by molar-refractivity contribution is 5.91. The minimum absolute atomic E-state index is 0. The first-order valence-corrected chi connectivity index (χ1v) is 9.46. The van der Waals surface area contributed by atoms with E-state index in [1.54, 1.807) is 17.0 Å². The van der Waals surface area contributed by atoms with E-state index in [1.165, 1.54) is 19.1 Å². The summed E-state index contributed by atoms with van der Waals surface area (Å²) < 4.78 is 5.18. The van der Waals surface area contributed by atoms with Crippen molar-refractivity contribution in [3.05, 3.63) is 24.2 Å². The highest BCUT2D eigenvalue weighted by atomic mass is 35.5. The van der Waals surface area contributed by atoms with Crippen molar-refractivity contribution in [1.29, 1.82) is 0 Å². The van der Waals surface area contributed by atoms with E-state index in [0.717, 1.165) is 25.9 Å². The Bertz CT molecular complexity index is 565. The van der Waals surface area contributed by atoms with E-state index in [4.69, 9.17) is 4.42 Å². The molecular formula is C19H30ClN3O3. The second-order valence-electron chi connectivity index (χ2n) is 7.38. The molecule has 1 unspecified atom stereocenters. The molecule has 2 aliphatic rings. The number of hydrogen-bond acceptors (Lipinski definition) is 4. The zero-order valence-corrected chi connectivity index (χ0v) is 16.2. The van der Waals surface area contributed by atoms with Crippen molar-refractivity contribution in [3.8, 4) is 0 Å². The number of nitrogens with zero attached hydrogens (tertiary/aromatic N) is 1. The number of likely N-dealkylation sites (tertiary alicyclic amines) is 1. The lowest BCUT2D eigenvalue weighted by molar-refractivity contribution is -0.123. The van der Waals surface area contributed by atoms with Crippen molar-refractivity contribution in [2.45, 2.75) is 45.1 Å². The highest BCUT2D eigenvalue weighted by Crippen LogP contribution is 2.24. The summed E-state index contributed by atoms with van der Waals surface area (Å²) in [4.78, 5) is 26.4. The van der Waals surface area contributed by atoms with Gasteiger partial charge in [0.1, 0.15) is 0 Å². The number of hydrogen-bond donors (Lipinski definition) is 2. The molecule has 1 aromatic rings. The molecule has 146 valence electrons. The SMILES string of the molecule is CC(CC(=O)NC1CCN(C(=O)c2ccco2)CC1)C1CCNCC1.Cl. The van der Waals surface area contributed by atoms with Crippen molar-refractivity contribution in [3.63, 3.8) is 0 Å². The Morgan fingerprint density at radius 3 is 2.58 bits per heavy atom. The Balaban J connectivity index is 0.00000243. The van der Waals surface area contributed by atoms with E-state index in [9.17, 15) is 9.59 Å². The minimum atomic E-state index is -0.0608. The summed E-state index contributed by atoms with van der Waals surface area (Å²) in [5.41, 5.74) is 0. The van der Waals surface area contributed by atoms with Gasteiger partial charge in [0, 0.05) is 25.6 Å². The van der Waals surface area contributed by atoms with Crippen LogP contribution in [0.25, 0.3) is 0 Å². The largest absolute Gasteiger partial charge is 0.459 e. The normalized spacial score (nSPS) is 20.3. The van der Waals surface area contributed by atoms with Crippen LogP contribution in [0.1, 0.15) is 49.6 Å². The number of carbonyl (C=O) groups is 2. The van der Waals surface area contributed by atoms with Crippen LogP contribution >= 0.6 is 12.4 Å². The van der Waals surface area contributed by atoms with Crippen molar-refractivity contribution in [1.82, 2.24) is 15.5 Å². The molecule has 26 heavy (non-hydrogen) atoms. The highest BCUT2D eigenvalue weighted by Gasteiger charge is 2.27. The van der Waals surface area contributed by atoms with E-state index in [-0.39, 0.29) is 30.3 Å². The lowest BCUT2D eigenvalue weighted by Gasteiger charge is -2.32. The number of amides is 2. The van der Waals surface area contributed by atoms with Crippen LogP contribution in [0.3, 0.4) is 0 Å². The van der Waals surface area contributed by atoms with Gasteiger partial charge in [-0.15, -0.1) is 12.4 Å². The standard InChI is InChI=1S/C19H29N3O3.ClH/c1-14(15-4-8-20-9-5-15)13-18(23)21-16-6-10-22(11-7-16)19(24)17-3-2-12-25-17;/h2-3,12,14-16,20H,4-11,13H2,1H3,(H,21,23);1H. The van der Waals surface area contributed by atoms with Crippen LogP contribution < -0.4 is 10.6 Å². The number of carbonyl (C=O) groups excluding carboxylic acids is 2. The maximum absolute atomic E-state index is 12.3. The monoisotopic (exact) mass is 383 g/mol. The van der Waals surface area contributed by atoms with Crippen LogP contribution in [0.2, 0.25) is 0 Å². The first kappa shape index (κ1) is 20.8. The van der Waals surface area contributed by atoms with Gasteiger partial charge in [0.05, 0.1) is 6.26 Å². The molecule has 0 bridgehead atoms.